The second kappa shape index (κ2) is 9.30. The molecule has 0 aliphatic heterocycles. The van der Waals surface area contributed by atoms with Crippen molar-refractivity contribution in [2.45, 2.75) is 66.3 Å². The molecule has 1 aromatic heterocycles. The van der Waals surface area contributed by atoms with Crippen molar-refractivity contribution < 1.29 is 4.79 Å². The van der Waals surface area contributed by atoms with E-state index in [2.05, 4.69) is 4.98 Å². The summed E-state index contributed by atoms with van der Waals surface area (Å²) in [6.07, 6.45) is 3.67. The third-order valence-electron chi connectivity index (χ3n) is 3.81. The summed E-state index contributed by atoms with van der Waals surface area (Å²) >= 11 is 0. The first-order chi connectivity index (χ1) is 11.3. The third-order valence-corrected chi connectivity index (χ3v) is 3.81. The van der Waals surface area contributed by atoms with Crippen LogP contribution in [0, 0.1) is 5.92 Å². The van der Waals surface area contributed by atoms with Gasteiger partial charge in [-0.1, -0.05) is 40.5 Å². The van der Waals surface area contributed by atoms with E-state index >= 15 is 0 Å². The molecule has 0 aromatic carbocycles. The van der Waals surface area contributed by atoms with Crippen LogP contribution >= 0.6 is 0 Å². The van der Waals surface area contributed by atoms with Crippen molar-refractivity contribution in [3.8, 4) is 0 Å². The molecule has 0 unspecified atom stereocenters. The number of nitrogens with zero attached hydrogens (tertiary/aromatic N) is 2. The number of nitrogens with two attached hydrogens (primary N) is 1. The fourth-order valence-electron chi connectivity index (χ4n) is 2.53. The fourth-order valence-corrected chi connectivity index (χ4v) is 2.53. The van der Waals surface area contributed by atoms with Crippen molar-refractivity contribution in [3.63, 3.8) is 0 Å². The first kappa shape index (κ1) is 20.0. The average Bonchev–Trinajstić information content (AvgIpc) is 2.51. The number of hydrogen-bond donors (Lipinski definition) is 2. The molecule has 1 heterocycles. The van der Waals surface area contributed by atoms with Crippen molar-refractivity contribution in [2.24, 2.45) is 5.92 Å². The summed E-state index contributed by atoms with van der Waals surface area (Å²) in [4.78, 5) is 40.7. The van der Waals surface area contributed by atoms with Gasteiger partial charge in [-0.25, -0.2) is 4.79 Å². The zero-order valence-electron chi connectivity index (χ0n) is 15.2. The van der Waals surface area contributed by atoms with E-state index in [0.29, 0.717) is 19.5 Å². The normalized spacial score (nSPS) is 11.0. The predicted molar refractivity (Wildman–Crippen MR) is 97.4 cm³/mol. The number of H-pyrrole nitrogens is 1. The van der Waals surface area contributed by atoms with E-state index in [0.717, 1.165) is 25.7 Å². The highest BCUT2D eigenvalue weighted by molar-refractivity contribution is 5.95. The molecule has 0 atom stereocenters. The molecule has 1 rings (SSSR count). The quantitative estimate of drug-likeness (QED) is 0.720. The Hall–Kier alpha value is -2.05. The maximum atomic E-state index is 12.6. The Labute approximate surface area is 142 Å². The molecular formula is C17H30N4O3. The maximum Gasteiger partial charge on any atom is 0.330 e. The minimum absolute atomic E-state index is 0.0680. The Morgan fingerprint density at radius 3 is 2.38 bits per heavy atom. The molecule has 1 aromatic rings. The second-order valence-electron chi connectivity index (χ2n) is 6.50. The van der Waals surface area contributed by atoms with E-state index in [1.54, 1.807) is 0 Å². The lowest BCUT2D eigenvalue weighted by molar-refractivity contribution is -0.118. The first-order valence-corrected chi connectivity index (χ1v) is 8.76. The van der Waals surface area contributed by atoms with Gasteiger partial charge in [0.15, 0.2) is 5.69 Å². The van der Waals surface area contributed by atoms with Crippen LogP contribution in [0.2, 0.25) is 0 Å². The van der Waals surface area contributed by atoms with Crippen LogP contribution in [0.25, 0.3) is 0 Å². The minimum atomic E-state index is -0.599. The van der Waals surface area contributed by atoms with E-state index < -0.39 is 11.2 Å². The molecule has 7 nitrogen and oxygen atoms in total. The Balaban J connectivity index is 3.37. The van der Waals surface area contributed by atoms with E-state index in [1.807, 2.05) is 27.7 Å². The average molecular weight is 338 g/mol. The van der Waals surface area contributed by atoms with Gasteiger partial charge in [0, 0.05) is 19.5 Å². The van der Waals surface area contributed by atoms with Crippen LogP contribution in [0.4, 0.5) is 11.5 Å². The zero-order chi connectivity index (χ0) is 18.3. The summed E-state index contributed by atoms with van der Waals surface area (Å²) in [5, 5.41) is 0. The monoisotopic (exact) mass is 338 g/mol. The molecule has 0 bridgehead atoms. The molecule has 0 saturated heterocycles. The Morgan fingerprint density at radius 2 is 1.83 bits per heavy atom. The predicted octanol–water partition coefficient (Wildman–Crippen LogP) is 2.10. The SMILES string of the molecule is CCCCC(=O)N(CCCC)c1c(N)n(CC(C)C)c(=O)[nH]c1=O. The summed E-state index contributed by atoms with van der Waals surface area (Å²) in [6.45, 7) is 8.75. The van der Waals surface area contributed by atoms with Gasteiger partial charge in [0.05, 0.1) is 0 Å². The molecule has 0 spiro atoms. The lowest BCUT2D eigenvalue weighted by atomic mass is 10.2. The van der Waals surface area contributed by atoms with Gasteiger partial charge < -0.3 is 10.6 Å². The molecule has 0 fully saturated rings. The lowest BCUT2D eigenvalue weighted by Gasteiger charge is -2.25. The molecular weight excluding hydrogens is 308 g/mol. The number of carbonyl (C=O) groups is 1. The van der Waals surface area contributed by atoms with Crippen LogP contribution in [0.3, 0.4) is 0 Å². The zero-order valence-corrected chi connectivity index (χ0v) is 15.2. The number of amides is 1. The molecule has 0 aliphatic rings. The molecule has 24 heavy (non-hydrogen) atoms. The van der Waals surface area contributed by atoms with Gasteiger partial charge in [-0.15, -0.1) is 0 Å². The van der Waals surface area contributed by atoms with Crippen molar-refractivity contribution in [1.29, 1.82) is 0 Å². The molecule has 3 N–H and O–H groups in total. The van der Waals surface area contributed by atoms with Crippen LogP contribution < -0.4 is 21.9 Å². The number of hydrogen-bond acceptors (Lipinski definition) is 4. The first-order valence-electron chi connectivity index (χ1n) is 8.76. The fraction of sp³-hybridized carbons (Fsp3) is 0.706. The molecule has 7 heteroatoms. The van der Waals surface area contributed by atoms with Crippen molar-refractivity contribution >= 4 is 17.4 Å². The van der Waals surface area contributed by atoms with Gasteiger partial charge in [-0.3, -0.25) is 19.1 Å². The van der Waals surface area contributed by atoms with Crippen LogP contribution in [0.5, 0.6) is 0 Å². The van der Waals surface area contributed by atoms with Crippen molar-refractivity contribution in [2.75, 3.05) is 17.2 Å². The van der Waals surface area contributed by atoms with Crippen LogP contribution in [-0.2, 0) is 11.3 Å². The largest absolute Gasteiger partial charge is 0.383 e. The van der Waals surface area contributed by atoms with Gasteiger partial charge in [0.1, 0.15) is 5.82 Å². The Kier molecular flexibility index (Phi) is 7.74. The van der Waals surface area contributed by atoms with E-state index in [-0.39, 0.29) is 23.3 Å². The summed E-state index contributed by atoms with van der Waals surface area (Å²) in [6, 6.07) is 0. The van der Waals surface area contributed by atoms with Crippen LogP contribution in [-0.4, -0.2) is 22.0 Å². The van der Waals surface area contributed by atoms with E-state index in [4.69, 9.17) is 5.73 Å². The number of carbonyl (C=O) groups excluding carboxylic acids is 1. The Morgan fingerprint density at radius 1 is 1.21 bits per heavy atom. The standard InChI is InChI=1S/C17H30N4O3/c1-5-7-9-13(22)20(10-8-6-2)14-15(18)21(11-12(3)4)17(24)19-16(14)23/h12H,5-11,18H2,1-4H3,(H,19,23,24). The maximum absolute atomic E-state index is 12.6. The van der Waals surface area contributed by atoms with Gasteiger partial charge in [-0.2, -0.15) is 0 Å². The number of unbranched alkanes of at least 4 members (excludes halogenated alkanes) is 2. The third kappa shape index (κ3) is 4.97. The number of rotatable bonds is 9. The molecule has 1 amide bonds. The lowest BCUT2D eigenvalue weighted by Crippen LogP contribution is -2.42. The molecule has 136 valence electrons. The molecule has 0 radical (unpaired) electrons. The van der Waals surface area contributed by atoms with Gasteiger partial charge >= 0.3 is 5.69 Å². The van der Waals surface area contributed by atoms with Crippen LogP contribution in [0.15, 0.2) is 9.59 Å². The second-order valence-corrected chi connectivity index (χ2v) is 6.50. The summed E-state index contributed by atoms with van der Waals surface area (Å²) in [5.74, 6) is 0.124. The number of nitrogen functional groups attached to an aromatic ring is 1. The number of aromatic amines is 1. The summed E-state index contributed by atoms with van der Waals surface area (Å²) < 4.78 is 1.34. The van der Waals surface area contributed by atoms with Gasteiger partial charge in [-0.05, 0) is 18.8 Å². The number of anilines is 2. The Bertz CT molecular complexity index is 661. The topological polar surface area (TPSA) is 101 Å². The number of nitrogens with one attached hydrogen (secondary N) is 1. The van der Waals surface area contributed by atoms with Crippen molar-refractivity contribution in [1.82, 2.24) is 9.55 Å². The molecule has 0 aliphatic carbocycles. The highest BCUT2D eigenvalue weighted by Crippen LogP contribution is 2.20. The van der Waals surface area contributed by atoms with Gasteiger partial charge in [0.2, 0.25) is 5.91 Å². The minimum Gasteiger partial charge on any atom is -0.383 e. The molecule has 0 saturated carbocycles. The highest BCUT2D eigenvalue weighted by atomic mass is 16.2. The van der Waals surface area contributed by atoms with Crippen LogP contribution in [0.1, 0.15) is 59.8 Å². The number of aromatic nitrogens is 2. The van der Waals surface area contributed by atoms with E-state index in [1.165, 1.54) is 9.47 Å². The van der Waals surface area contributed by atoms with Crippen molar-refractivity contribution in [3.05, 3.63) is 20.8 Å². The highest BCUT2D eigenvalue weighted by Gasteiger charge is 2.23. The summed E-state index contributed by atoms with van der Waals surface area (Å²) in [5.41, 5.74) is 5.09. The van der Waals surface area contributed by atoms with E-state index in [9.17, 15) is 14.4 Å². The smallest absolute Gasteiger partial charge is 0.330 e. The summed E-state index contributed by atoms with van der Waals surface area (Å²) in [7, 11) is 0. The van der Waals surface area contributed by atoms with Gasteiger partial charge in [0.25, 0.3) is 5.56 Å².